The zero-order valence-electron chi connectivity index (χ0n) is 12.6. The summed E-state index contributed by atoms with van der Waals surface area (Å²) in [5.41, 5.74) is 3.36. The molecule has 0 saturated heterocycles. The topological polar surface area (TPSA) is 29.1 Å². The van der Waals surface area contributed by atoms with E-state index in [9.17, 15) is 9.18 Å². The van der Waals surface area contributed by atoms with Gasteiger partial charge in [0.15, 0.2) is 0 Å². The van der Waals surface area contributed by atoms with Gasteiger partial charge in [0.2, 0.25) is 0 Å². The van der Waals surface area contributed by atoms with E-state index in [1.54, 1.807) is 12.1 Å². The van der Waals surface area contributed by atoms with Gasteiger partial charge in [0.25, 0.3) is 5.91 Å². The minimum atomic E-state index is -0.485. The highest BCUT2D eigenvalue weighted by molar-refractivity contribution is 5.94. The zero-order valence-corrected chi connectivity index (χ0v) is 12.6. The standard InChI is InChI=1S/C18H20FNO/c1-12-8-9-17(19)16(10-12)18(21)20-14(3)11-15-7-5-4-6-13(15)2/h4-10,14H,11H2,1-3H3,(H,20,21). The van der Waals surface area contributed by atoms with Crippen LogP contribution in [0.2, 0.25) is 0 Å². The summed E-state index contributed by atoms with van der Waals surface area (Å²) in [4.78, 5) is 12.2. The summed E-state index contributed by atoms with van der Waals surface area (Å²) < 4.78 is 13.7. The third kappa shape index (κ3) is 3.91. The summed E-state index contributed by atoms with van der Waals surface area (Å²) in [6.07, 6.45) is 0.728. The quantitative estimate of drug-likeness (QED) is 0.909. The molecule has 2 rings (SSSR count). The second-order valence-corrected chi connectivity index (χ2v) is 5.49. The maximum Gasteiger partial charge on any atom is 0.254 e. The first-order chi connectivity index (χ1) is 9.97. The van der Waals surface area contributed by atoms with Crippen molar-refractivity contribution in [1.29, 1.82) is 0 Å². The van der Waals surface area contributed by atoms with Crippen molar-refractivity contribution in [3.8, 4) is 0 Å². The SMILES string of the molecule is Cc1ccc(F)c(C(=O)NC(C)Cc2ccccc2C)c1. The third-order valence-corrected chi connectivity index (χ3v) is 3.53. The van der Waals surface area contributed by atoms with Crippen LogP contribution in [-0.2, 0) is 6.42 Å². The summed E-state index contributed by atoms with van der Waals surface area (Å²) >= 11 is 0. The summed E-state index contributed by atoms with van der Waals surface area (Å²) in [5.74, 6) is -0.849. The molecule has 21 heavy (non-hydrogen) atoms. The Morgan fingerprint density at radius 2 is 1.90 bits per heavy atom. The summed E-state index contributed by atoms with van der Waals surface area (Å²) in [5, 5.41) is 2.86. The number of hydrogen-bond donors (Lipinski definition) is 1. The molecule has 1 N–H and O–H groups in total. The Kier molecular flexibility index (Phi) is 4.73. The van der Waals surface area contributed by atoms with Gasteiger partial charge in [-0.2, -0.15) is 0 Å². The Balaban J connectivity index is 2.06. The average molecular weight is 285 g/mol. The van der Waals surface area contributed by atoms with Crippen molar-refractivity contribution in [2.24, 2.45) is 0 Å². The first kappa shape index (κ1) is 15.2. The van der Waals surface area contributed by atoms with Crippen LogP contribution in [-0.4, -0.2) is 11.9 Å². The van der Waals surface area contributed by atoms with Crippen molar-refractivity contribution < 1.29 is 9.18 Å². The third-order valence-electron chi connectivity index (χ3n) is 3.53. The molecule has 1 unspecified atom stereocenters. The summed E-state index contributed by atoms with van der Waals surface area (Å²) in [6.45, 7) is 5.81. The van der Waals surface area contributed by atoms with Crippen molar-refractivity contribution in [2.75, 3.05) is 0 Å². The number of rotatable bonds is 4. The van der Waals surface area contributed by atoms with Crippen LogP contribution < -0.4 is 5.32 Å². The lowest BCUT2D eigenvalue weighted by Crippen LogP contribution is -2.34. The van der Waals surface area contributed by atoms with Gasteiger partial charge in [0.05, 0.1) is 5.56 Å². The number of aryl methyl sites for hydroxylation is 2. The fraction of sp³-hybridized carbons (Fsp3) is 0.278. The number of carbonyl (C=O) groups is 1. The number of nitrogens with one attached hydrogen (secondary N) is 1. The van der Waals surface area contributed by atoms with E-state index >= 15 is 0 Å². The van der Waals surface area contributed by atoms with Crippen molar-refractivity contribution in [3.05, 3.63) is 70.5 Å². The number of carbonyl (C=O) groups excluding carboxylic acids is 1. The number of halogens is 1. The van der Waals surface area contributed by atoms with Crippen molar-refractivity contribution in [2.45, 2.75) is 33.2 Å². The van der Waals surface area contributed by atoms with E-state index in [2.05, 4.69) is 5.32 Å². The highest BCUT2D eigenvalue weighted by atomic mass is 19.1. The van der Waals surface area contributed by atoms with Gasteiger partial charge in [0.1, 0.15) is 5.82 Å². The Hall–Kier alpha value is -2.16. The smallest absolute Gasteiger partial charge is 0.254 e. The zero-order chi connectivity index (χ0) is 15.4. The van der Waals surface area contributed by atoms with E-state index in [0.29, 0.717) is 0 Å². The molecule has 3 heteroatoms. The molecule has 0 radical (unpaired) electrons. The fourth-order valence-electron chi connectivity index (χ4n) is 2.33. The van der Waals surface area contributed by atoms with Crippen LogP contribution in [0.5, 0.6) is 0 Å². The number of amides is 1. The Bertz CT molecular complexity index is 651. The van der Waals surface area contributed by atoms with Gasteiger partial charge in [0, 0.05) is 6.04 Å². The molecule has 0 aliphatic heterocycles. The van der Waals surface area contributed by atoms with Crippen LogP contribution in [0.25, 0.3) is 0 Å². The predicted octanol–water partition coefficient (Wildman–Crippen LogP) is 3.80. The van der Waals surface area contributed by atoms with Crippen LogP contribution in [0, 0.1) is 19.7 Å². The predicted molar refractivity (Wildman–Crippen MR) is 82.9 cm³/mol. The molecule has 0 bridgehead atoms. The molecule has 0 aliphatic carbocycles. The molecule has 2 aromatic rings. The first-order valence-corrected chi connectivity index (χ1v) is 7.09. The van der Waals surface area contributed by atoms with E-state index in [4.69, 9.17) is 0 Å². The van der Waals surface area contributed by atoms with Gasteiger partial charge in [-0.25, -0.2) is 4.39 Å². The molecular formula is C18H20FNO. The van der Waals surface area contributed by atoms with E-state index in [0.717, 1.165) is 12.0 Å². The highest BCUT2D eigenvalue weighted by Gasteiger charge is 2.15. The summed E-state index contributed by atoms with van der Waals surface area (Å²) in [7, 11) is 0. The van der Waals surface area contributed by atoms with Crippen LogP contribution in [0.3, 0.4) is 0 Å². The number of hydrogen-bond acceptors (Lipinski definition) is 1. The lowest BCUT2D eigenvalue weighted by Gasteiger charge is -2.16. The maximum atomic E-state index is 13.7. The van der Waals surface area contributed by atoms with Crippen molar-refractivity contribution >= 4 is 5.91 Å². The molecule has 1 atom stereocenters. The average Bonchev–Trinajstić information content (AvgIpc) is 2.44. The monoisotopic (exact) mass is 285 g/mol. The molecule has 0 fully saturated rings. The van der Waals surface area contributed by atoms with Crippen LogP contribution in [0.15, 0.2) is 42.5 Å². The van der Waals surface area contributed by atoms with Crippen LogP contribution in [0.4, 0.5) is 4.39 Å². The van der Waals surface area contributed by atoms with Crippen LogP contribution in [0.1, 0.15) is 34.0 Å². The highest BCUT2D eigenvalue weighted by Crippen LogP contribution is 2.12. The minimum Gasteiger partial charge on any atom is -0.349 e. The molecule has 0 spiro atoms. The largest absolute Gasteiger partial charge is 0.349 e. The molecule has 0 aliphatic rings. The fourth-order valence-corrected chi connectivity index (χ4v) is 2.33. The van der Waals surface area contributed by atoms with E-state index in [-0.39, 0.29) is 17.5 Å². The molecule has 1 amide bonds. The molecule has 0 aromatic heterocycles. The Morgan fingerprint density at radius 3 is 2.62 bits per heavy atom. The van der Waals surface area contributed by atoms with Gasteiger partial charge >= 0.3 is 0 Å². The molecule has 2 nitrogen and oxygen atoms in total. The lowest BCUT2D eigenvalue weighted by atomic mass is 10.0. The van der Waals surface area contributed by atoms with E-state index < -0.39 is 5.82 Å². The van der Waals surface area contributed by atoms with E-state index in [1.807, 2.05) is 45.0 Å². The molecule has 110 valence electrons. The minimum absolute atomic E-state index is 0.0569. The van der Waals surface area contributed by atoms with Crippen molar-refractivity contribution in [3.63, 3.8) is 0 Å². The molecule has 2 aromatic carbocycles. The molecular weight excluding hydrogens is 265 g/mol. The molecule has 0 heterocycles. The van der Waals surface area contributed by atoms with E-state index in [1.165, 1.54) is 17.2 Å². The van der Waals surface area contributed by atoms with Gasteiger partial charge in [-0.1, -0.05) is 35.9 Å². The van der Waals surface area contributed by atoms with Gasteiger partial charge in [-0.15, -0.1) is 0 Å². The second kappa shape index (κ2) is 6.53. The van der Waals surface area contributed by atoms with Gasteiger partial charge in [-0.3, -0.25) is 4.79 Å². The Morgan fingerprint density at radius 1 is 1.19 bits per heavy atom. The van der Waals surface area contributed by atoms with Gasteiger partial charge in [-0.05, 0) is 50.5 Å². The normalized spacial score (nSPS) is 12.0. The second-order valence-electron chi connectivity index (χ2n) is 5.49. The van der Waals surface area contributed by atoms with Crippen LogP contribution >= 0.6 is 0 Å². The first-order valence-electron chi connectivity index (χ1n) is 7.09. The lowest BCUT2D eigenvalue weighted by molar-refractivity contribution is 0.0936. The Labute approximate surface area is 125 Å². The maximum absolute atomic E-state index is 13.7. The molecule has 0 saturated carbocycles. The van der Waals surface area contributed by atoms with Gasteiger partial charge < -0.3 is 5.32 Å². The summed E-state index contributed by atoms with van der Waals surface area (Å²) in [6, 6.07) is 12.6. The number of benzene rings is 2. The van der Waals surface area contributed by atoms with Crippen molar-refractivity contribution in [1.82, 2.24) is 5.32 Å².